The third-order valence-electron chi connectivity index (χ3n) is 3.79. The van der Waals surface area contributed by atoms with E-state index in [1.807, 2.05) is 39.0 Å². The molecule has 1 amide bonds. The standard InChI is InChI=1S/C17H26N2O3/c1-17(2,3)22-16(21)19-9-7-13(8-10-19)11-14-5-4-6-15(12-20)18-14/h4-6,13,20H,7-12H2,1-3H3. The molecule has 1 N–H and O–H groups in total. The zero-order chi connectivity index (χ0) is 16.2. The molecule has 0 spiro atoms. The molecule has 0 aromatic carbocycles. The van der Waals surface area contributed by atoms with E-state index in [1.54, 1.807) is 4.90 Å². The Labute approximate surface area is 132 Å². The predicted octanol–water partition coefficient (Wildman–Crippen LogP) is 2.76. The number of ether oxygens (including phenoxy) is 1. The summed E-state index contributed by atoms with van der Waals surface area (Å²) in [6, 6.07) is 5.76. The first-order valence-corrected chi connectivity index (χ1v) is 7.91. The SMILES string of the molecule is CC(C)(C)OC(=O)N1CCC(Cc2cccc(CO)n2)CC1. The van der Waals surface area contributed by atoms with Crippen molar-refractivity contribution in [2.75, 3.05) is 13.1 Å². The number of amides is 1. The number of aliphatic hydroxyl groups excluding tert-OH is 1. The minimum Gasteiger partial charge on any atom is -0.444 e. The molecule has 0 unspecified atom stereocenters. The fourth-order valence-corrected chi connectivity index (χ4v) is 2.67. The molecular weight excluding hydrogens is 280 g/mol. The molecule has 22 heavy (non-hydrogen) atoms. The van der Waals surface area contributed by atoms with Gasteiger partial charge in [0.15, 0.2) is 0 Å². The zero-order valence-electron chi connectivity index (χ0n) is 13.7. The van der Waals surface area contributed by atoms with Gasteiger partial charge in [-0.05, 0) is 58.1 Å². The van der Waals surface area contributed by atoms with Gasteiger partial charge in [0, 0.05) is 18.8 Å². The molecule has 1 aromatic heterocycles. The second-order valence-electron chi connectivity index (χ2n) is 6.89. The van der Waals surface area contributed by atoms with E-state index in [9.17, 15) is 4.79 Å². The van der Waals surface area contributed by atoms with Crippen molar-refractivity contribution in [1.29, 1.82) is 0 Å². The van der Waals surface area contributed by atoms with Gasteiger partial charge in [0.1, 0.15) is 5.60 Å². The van der Waals surface area contributed by atoms with Gasteiger partial charge in [0.25, 0.3) is 0 Å². The maximum atomic E-state index is 12.0. The van der Waals surface area contributed by atoms with Crippen LogP contribution in [-0.4, -0.2) is 39.8 Å². The maximum Gasteiger partial charge on any atom is 0.410 e. The quantitative estimate of drug-likeness (QED) is 0.932. The Morgan fingerprint density at radius 2 is 1.95 bits per heavy atom. The second kappa shape index (κ2) is 7.09. The van der Waals surface area contributed by atoms with Crippen LogP contribution in [0.1, 0.15) is 45.0 Å². The summed E-state index contributed by atoms with van der Waals surface area (Å²) in [6.45, 7) is 7.11. The van der Waals surface area contributed by atoms with Crippen molar-refractivity contribution in [3.8, 4) is 0 Å². The number of aromatic nitrogens is 1. The second-order valence-corrected chi connectivity index (χ2v) is 6.89. The van der Waals surface area contributed by atoms with Crippen molar-refractivity contribution in [3.05, 3.63) is 29.6 Å². The number of carbonyl (C=O) groups is 1. The van der Waals surface area contributed by atoms with Crippen molar-refractivity contribution in [2.45, 2.75) is 52.2 Å². The number of nitrogens with zero attached hydrogens (tertiary/aromatic N) is 2. The van der Waals surface area contributed by atoms with Crippen molar-refractivity contribution >= 4 is 6.09 Å². The lowest BCUT2D eigenvalue weighted by Crippen LogP contribution is -2.42. The van der Waals surface area contributed by atoms with Crippen molar-refractivity contribution in [1.82, 2.24) is 9.88 Å². The molecule has 122 valence electrons. The molecule has 2 heterocycles. The highest BCUT2D eigenvalue weighted by molar-refractivity contribution is 5.68. The normalized spacial score (nSPS) is 16.6. The Balaban J connectivity index is 1.83. The minimum atomic E-state index is -0.442. The van der Waals surface area contributed by atoms with E-state index in [1.165, 1.54) is 0 Å². The summed E-state index contributed by atoms with van der Waals surface area (Å²) in [5.41, 5.74) is 1.29. The molecule has 0 saturated carbocycles. The molecule has 1 aliphatic rings. The highest BCUT2D eigenvalue weighted by atomic mass is 16.6. The summed E-state index contributed by atoms with van der Waals surface area (Å²) in [5, 5.41) is 9.14. The number of rotatable bonds is 3. The van der Waals surface area contributed by atoms with Gasteiger partial charge in [-0.15, -0.1) is 0 Å². The topological polar surface area (TPSA) is 62.7 Å². The first kappa shape index (κ1) is 16.7. The summed E-state index contributed by atoms with van der Waals surface area (Å²) < 4.78 is 5.41. The third kappa shape index (κ3) is 4.98. The largest absolute Gasteiger partial charge is 0.444 e. The number of hydrogen-bond donors (Lipinski definition) is 1. The molecule has 1 aromatic rings. The number of piperidine rings is 1. The summed E-state index contributed by atoms with van der Waals surface area (Å²) in [4.78, 5) is 18.2. The summed E-state index contributed by atoms with van der Waals surface area (Å²) >= 11 is 0. The summed E-state index contributed by atoms with van der Waals surface area (Å²) in [6.07, 6.45) is 2.61. The van der Waals surface area contributed by atoms with Gasteiger partial charge in [-0.2, -0.15) is 0 Å². The van der Waals surface area contributed by atoms with E-state index in [2.05, 4.69) is 4.98 Å². The number of likely N-dealkylation sites (tertiary alicyclic amines) is 1. The Morgan fingerprint density at radius 3 is 2.55 bits per heavy atom. The first-order chi connectivity index (χ1) is 10.4. The first-order valence-electron chi connectivity index (χ1n) is 7.91. The zero-order valence-corrected chi connectivity index (χ0v) is 13.7. The Hall–Kier alpha value is -1.62. The van der Waals surface area contributed by atoms with E-state index in [-0.39, 0.29) is 12.7 Å². The van der Waals surface area contributed by atoms with Crippen LogP contribution >= 0.6 is 0 Å². The molecule has 0 aliphatic carbocycles. The number of aliphatic hydroxyl groups is 1. The summed E-state index contributed by atoms with van der Waals surface area (Å²) in [5.74, 6) is 0.528. The van der Waals surface area contributed by atoms with Crippen molar-refractivity contribution in [2.24, 2.45) is 5.92 Å². The van der Waals surface area contributed by atoms with Gasteiger partial charge in [0.2, 0.25) is 0 Å². The third-order valence-corrected chi connectivity index (χ3v) is 3.79. The summed E-state index contributed by atoms with van der Waals surface area (Å²) in [7, 11) is 0. The van der Waals surface area contributed by atoms with Crippen LogP contribution < -0.4 is 0 Å². The molecule has 5 nitrogen and oxygen atoms in total. The molecule has 0 bridgehead atoms. The average Bonchev–Trinajstić information content (AvgIpc) is 2.46. The van der Waals surface area contributed by atoms with Crippen LogP contribution in [0, 0.1) is 5.92 Å². The van der Waals surface area contributed by atoms with E-state index in [0.717, 1.165) is 38.0 Å². The highest BCUT2D eigenvalue weighted by Crippen LogP contribution is 2.22. The molecule has 1 saturated heterocycles. The van der Waals surface area contributed by atoms with Gasteiger partial charge < -0.3 is 14.7 Å². The molecule has 1 aliphatic heterocycles. The molecule has 0 atom stereocenters. The van der Waals surface area contributed by atoms with Crippen LogP contribution in [0.4, 0.5) is 4.79 Å². The average molecular weight is 306 g/mol. The van der Waals surface area contributed by atoms with E-state index in [4.69, 9.17) is 9.84 Å². The Bertz CT molecular complexity index is 503. The van der Waals surface area contributed by atoms with Crippen molar-refractivity contribution in [3.63, 3.8) is 0 Å². The fraction of sp³-hybridized carbons (Fsp3) is 0.647. The van der Waals surface area contributed by atoms with Gasteiger partial charge in [-0.1, -0.05) is 6.07 Å². The Kier molecular flexibility index (Phi) is 5.40. The van der Waals surface area contributed by atoms with Crippen LogP contribution in [-0.2, 0) is 17.8 Å². The van der Waals surface area contributed by atoms with Crippen LogP contribution in [0.25, 0.3) is 0 Å². The number of pyridine rings is 1. The van der Waals surface area contributed by atoms with Crippen LogP contribution in [0.5, 0.6) is 0 Å². The smallest absolute Gasteiger partial charge is 0.410 e. The molecular formula is C17H26N2O3. The van der Waals surface area contributed by atoms with E-state index < -0.39 is 5.60 Å². The van der Waals surface area contributed by atoms with Gasteiger partial charge in [-0.3, -0.25) is 4.98 Å². The molecule has 0 radical (unpaired) electrons. The number of carbonyl (C=O) groups excluding carboxylic acids is 1. The fourth-order valence-electron chi connectivity index (χ4n) is 2.67. The van der Waals surface area contributed by atoms with E-state index in [0.29, 0.717) is 11.6 Å². The molecule has 1 fully saturated rings. The lowest BCUT2D eigenvalue weighted by Gasteiger charge is -2.33. The molecule has 2 rings (SSSR count). The van der Waals surface area contributed by atoms with Crippen molar-refractivity contribution < 1.29 is 14.6 Å². The van der Waals surface area contributed by atoms with Crippen LogP contribution in [0.3, 0.4) is 0 Å². The van der Waals surface area contributed by atoms with Gasteiger partial charge in [-0.25, -0.2) is 4.79 Å². The lowest BCUT2D eigenvalue weighted by atomic mass is 9.92. The number of hydrogen-bond acceptors (Lipinski definition) is 4. The predicted molar refractivity (Wildman–Crippen MR) is 84.4 cm³/mol. The minimum absolute atomic E-state index is 0.0229. The van der Waals surface area contributed by atoms with Crippen LogP contribution in [0.2, 0.25) is 0 Å². The van der Waals surface area contributed by atoms with E-state index >= 15 is 0 Å². The highest BCUT2D eigenvalue weighted by Gasteiger charge is 2.27. The Morgan fingerprint density at radius 1 is 1.32 bits per heavy atom. The van der Waals surface area contributed by atoms with Gasteiger partial charge in [0.05, 0.1) is 12.3 Å². The maximum absolute atomic E-state index is 12.0. The monoisotopic (exact) mass is 306 g/mol. The molecule has 5 heteroatoms. The van der Waals surface area contributed by atoms with Gasteiger partial charge >= 0.3 is 6.09 Å². The van der Waals surface area contributed by atoms with Crippen LogP contribution in [0.15, 0.2) is 18.2 Å². The lowest BCUT2D eigenvalue weighted by molar-refractivity contribution is 0.0184.